The number of rotatable bonds is 2. The molecule has 0 unspecified atom stereocenters. The van der Waals surface area contributed by atoms with E-state index in [4.69, 9.17) is 0 Å². The van der Waals surface area contributed by atoms with Crippen LogP contribution in [-0.2, 0) is 9.59 Å². The molecule has 2 aromatic carbocycles. The highest BCUT2D eigenvalue weighted by Crippen LogP contribution is 2.53. The van der Waals surface area contributed by atoms with E-state index in [1.165, 1.54) is 4.90 Å². The molecule has 2 aromatic rings. The van der Waals surface area contributed by atoms with Gasteiger partial charge in [-0.2, -0.15) is 0 Å². The van der Waals surface area contributed by atoms with Gasteiger partial charge in [0.1, 0.15) is 0 Å². The van der Waals surface area contributed by atoms with Crippen molar-refractivity contribution in [3.05, 3.63) is 64.6 Å². The Hall–Kier alpha value is -1.98. The SMILES string of the molecule is O=C1[C@@H]2[C@H](C(=O)N1c1ccccc1)[C@@H](c1ccc(Br)cc1)N1CCC[C@H]21. The van der Waals surface area contributed by atoms with E-state index in [2.05, 4.69) is 33.0 Å². The summed E-state index contributed by atoms with van der Waals surface area (Å²) in [6, 6.07) is 17.7. The first-order chi connectivity index (χ1) is 12.7. The standard InChI is InChI=1S/C21H19BrN2O2/c22-14-10-8-13(9-11-14)19-18-17(16-7-4-12-23(16)19)20(25)24(21(18)26)15-5-2-1-3-6-15/h1-3,5-6,8-11,16-19H,4,7,12H2/t16-,17+,18+,19-/m1/s1. The second-order valence-corrected chi connectivity index (χ2v) is 8.26. The predicted octanol–water partition coefficient (Wildman–Crippen LogP) is 3.77. The zero-order valence-electron chi connectivity index (χ0n) is 14.2. The van der Waals surface area contributed by atoms with Gasteiger partial charge in [0.05, 0.1) is 17.5 Å². The minimum absolute atomic E-state index is 0.00855. The number of nitrogens with zero attached hydrogens (tertiary/aromatic N) is 2. The van der Waals surface area contributed by atoms with Crippen LogP contribution in [0.4, 0.5) is 5.69 Å². The highest BCUT2D eigenvalue weighted by Gasteiger charge is 2.63. The number of carbonyl (C=O) groups excluding carboxylic acids is 2. The molecule has 2 amide bonds. The van der Waals surface area contributed by atoms with Crippen LogP contribution < -0.4 is 4.90 Å². The summed E-state index contributed by atoms with van der Waals surface area (Å²) in [4.78, 5) is 30.4. The molecule has 3 aliphatic rings. The fraction of sp³-hybridized carbons (Fsp3) is 0.333. The first-order valence-electron chi connectivity index (χ1n) is 9.11. The van der Waals surface area contributed by atoms with Gasteiger partial charge in [-0.05, 0) is 49.2 Å². The van der Waals surface area contributed by atoms with Gasteiger partial charge < -0.3 is 0 Å². The van der Waals surface area contributed by atoms with Crippen molar-refractivity contribution in [2.45, 2.75) is 24.9 Å². The number of hydrogen-bond acceptors (Lipinski definition) is 3. The van der Waals surface area contributed by atoms with Crippen LogP contribution in [-0.4, -0.2) is 29.3 Å². The van der Waals surface area contributed by atoms with E-state index >= 15 is 0 Å². The summed E-state index contributed by atoms with van der Waals surface area (Å²) in [5.41, 5.74) is 1.82. The van der Waals surface area contributed by atoms with E-state index in [9.17, 15) is 9.59 Å². The summed E-state index contributed by atoms with van der Waals surface area (Å²) in [7, 11) is 0. The minimum Gasteiger partial charge on any atom is -0.292 e. The van der Waals surface area contributed by atoms with Crippen LogP contribution in [0.2, 0.25) is 0 Å². The zero-order chi connectivity index (χ0) is 17.8. The topological polar surface area (TPSA) is 40.6 Å². The highest BCUT2D eigenvalue weighted by molar-refractivity contribution is 9.10. The molecule has 0 saturated carbocycles. The summed E-state index contributed by atoms with van der Waals surface area (Å²) < 4.78 is 1.02. The van der Waals surface area contributed by atoms with Crippen molar-refractivity contribution in [3.8, 4) is 0 Å². The number of para-hydroxylation sites is 1. The van der Waals surface area contributed by atoms with Gasteiger partial charge in [-0.3, -0.25) is 14.5 Å². The number of amides is 2. The van der Waals surface area contributed by atoms with Crippen LogP contribution in [0.15, 0.2) is 59.1 Å². The van der Waals surface area contributed by atoms with Crippen molar-refractivity contribution >= 4 is 33.4 Å². The monoisotopic (exact) mass is 410 g/mol. The Morgan fingerprint density at radius 1 is 0.885 bits per heavy atom. The number of carbonyl (C=O) groups is 2. The Kier molecular flexibility index (Phi) is 3.76. The molecule has 132 valence electrons. The third kappa shape index (κ3) is 2.23. The summed E-state index contributed by atoms with van der Waals surface area (Å²) in [6.45, 7) is 0.963. The quantitative estimate of drug-likeness (QED) is 0.707. The predicted molar refractivity (Wildman–Crippen MR) is 103 cm³/mol. The highest BCUT2D eigenvalue weighted by atomic mass is 79.9. The van der Waals surface area contributed by atoms with Crippen LogP contribution in [0.3, 0.4) is 0 Å². The van der Waals surface area contributed by atoms with Crippen molar-refractivity contribution in [3.63, 3.8) is 0 Å². The molecule has 0 spiro atoms. The number of anilines is 1. The number of hydrogen-bond donors (Lipinski definition) is 0. The second-order valence-electron chi connectivity index (χ2n) is 7.34. The maximum Gasteiger partial charge on any atom is 0.239 e. The Morgan fingerprint density at radius 2 is 1.58 bits per heavy atom. The number of imide groups is 1. The van der Waals surface area contributed by atoms with E-state index in [1.807, 2.05) is 42.5 Å². The van der Waals surface area contributed by atoms with Crippen LogP contribution >= 0.6 is 15.9 Å². The molecule has 0 N–H and O–H groups in total. The lowest BCUT2D eigenvalue weighted by Crippen LogP contribution is -2.39. The minimum atomic E-state index is -0.283. The second kappa shape index (κ2) is 6.03. The van der Waals surface area contributed by atoms with E-state index in [0.29, 0.717) is 5.69 Å². The van der Waals surface area contributed by atoms with Gasteiger partial charge in [0.2, 0.25) is 11.8 Å². The summed E-state index contributed by atoms with van der Waals surface area (Å²) in [5, 5.41) is 0. The maximum atomic E-state index is 13.3. The average Bonchev–Trinajstić information content (AvgIpc) is 3.29. The van der Waals surface area contributed by atoms with Gasteiger partial charge in [-0.15, -0.1) is 0 Å². The van der Waals surface area contributed by atoms with Crippen LogP contribution in [0, 0.1) is 11.8 Å². The zero-order valence-corrected chi connectivity index (χ0v) is 15.8. The fourth-order valence-corrected chi connectivity index (χ4v) is 5.36. The summed E-state index contributed by atoms with van der Waals surface area (Å²) in [6.07, 6.45) is 2.09. The van der Waals surface area contributed by atoms with E-state index in [0.717, 1.165) is 29.4 Å². The molecule has 0 aromatic heterocycles. The lowest BCUT2D eigenvalue weighted by atomic mass is 9.85. The van der Waals surface area contributed by atoms with Crippen molar-refractivity contribution in [2.24, 2.45) is 11.8 Å². The first kappa shape index (κ1) is 16.2. The summed E-state index contributed by atoms with van der Waals surface area (Å²) in [5.74, 6) is -0.579. The van der Waals surface area contributed by atoms with Crippen molar-refractivity contribution in [1.29, 1.82) is 0 Å². The van der Waals surface area contributed by atoms with Gasteiger partial charge in [0.25, 0.3) is 0 Å². The third-order valence-electron chi connectivity index (χ3n) is 6.08. The van der Waals surface area contributed by atoms with Crippen LogP contribution in [0.1, 0.15) is 24.4 Å². The van der Waals surface area contributed by atoms with Gasteiger partial charge >= 0.3 is 0 Å². The molecule has 3 aliphatic heterocycles. The van der Waals surface area contributed by atoms with Crippen molar-refractivity contribution in [2.75, 3.05) is 11.4 Å². The molecule has 4 atom stereocenters. The molecule has 0 radical (unpaired) electrons. The molecule has 3 fully saturated rings. The molecular weight excluding hydrogens is 392 g/mol. The maximum absolute atomic E-state index is 13.3. The normalized spacial score (nSPS) is 30.7. The van der Waals surface area contributed by atoms with E-state index in [1.54, 1.807) is 0 Å². The Bertz CT molecular complexity index is 867. The lowest BCUT2D eigenvalue weighted by molar-refractivity contribution is -0.123. The van der Waals surface area contributed by atoms with Gasteiger partial charge in [-0.25, -0.2) is 4.90 Å². The van der Waals surface area contributed by atoms with E-state index < -0.39 is 0 Å². The molecule has 5 heteroatoms. The van der Waals surface area contributed by atoms with Gasteiger partial charge in [0.15, 0.2) is 0 Å². The van der Waals surface area contributed by atoms with Crippen molar-refractivity contribution in [1.82, 2.24) is 4.90 Å². The van der Waals surface area contributed by atoms with Gasteiger partial charge in [-0.1, -0.05) is 46.3 Å². The van der Waals surface area contributed by atoms with Gasteiger partial charge in [0, 0.05) is 16.6 Å². The summed E-state index contributed by atoms with van der Waals surface area (Å²) >= 11 is 3.49. The molecule has 5 rings (SSSR count). The number of fused-ring (bicyclic) bond motifs is 3. The van der Waals surface area contributed by atoms with Crippen LogP contribution in [0.25, 0.3) is 0 Å². The largest absolute Gasteiger partial charge is 0.292 e. The fourth-order valence-electron chi connectivity index (χ4n) is 5.09. The van der Waals surface area contributed by atoms with Crippen molar-refractivity contribution < 1.29 is 9.59 Å². The molecule has 3 heterocycles. The number of benzene rings is 2. The molecule has 4 nitrogen and oxygen atoms in total. The molecule has 3 saturated heterocycles. The van der Waals surface area contributed by atoms with E-state index in [-0.39, 0.29) is 35.7 Å². The average molecular weight is 411 g/mol. The lowest BCUT2D eigenvalue weighted by Gasteiger charge is -2.28. The Balaban J connectivity index is 1.59. The third-order valence-corrected chi connectivity index (χ3v) is 6.61. The molecular formula is C21H19BrN2O2. The molecule has 0 aliphatic carbocycles. The Labute approximate surface area is 160 Å². The molecule has 26 heavy (non-hydrogen) atoms. The smallest absolute Gasteiger partial charge is 0.239 e. The molecule has 0 bridgehead atoms. The first-order valence-corrected chi connectivity index (χ1v) is 9.90. The Morgan fingerprint density at radius 3 is 2.31 bits per heavy atom. The number of halogens is 1. The van der Waals surface area contributed by atoms with Crippen LogP contribution in [0.5, 0.6) is 0 Å².